The second-order valence-corrected chi connectivity index (χ2v) is 3.03. The Morgan fingerprint density at radius 2 is 2.20 bits per heavy atom. The van der Waals surface area contributed by atoms with Crippen molar-refractivity contribution in [3.63, 3.8) is 0 Å². The summed E-state index contributed by atoms with van der Waals surface area (Å²) >= 11 is 5.29. The van der Waals surface area contributed by atoms with Crippen LogP contribution in [0, 0.1) is 5.82 Å². The first-order valence-corrected chi connectivity index (χ1v) is 4.14. The number of carboxylic acids is 1. The number of carboxylic acid groups (broad SMARTS) is 1. The van der Waals surface area contributed by atoms with Gasteiger partial charge in [-0.2, -0.15) is 0 Å². The van der Waals surface area contributed by atoms with Gasteiger partial charge in [-0.3, -0.25) is 4.79 Å². The predicted molar refractivity (Wildman–Crippen MR) is 45.5 cm³/mol. The lowest BCUT2D eigenvalue weighted by Gasteiger charge is -2.05. The van der Waals surface area contributed by atoms with Crippen LogP contribution >= 0.6 is 11.6 Å². The zero-order valence-corrected chi connectivity index (χ0v) is 7.93. The Morgan fingerprint density at radius 1 is 1.60 bits per heavy atom. The summed E-state index contributed by atoms with van der Waals surface area (Å²) in [5.41, 5.74) is -1.21. The molecule has 1 heterocycles. The maximum atomic E-state index is 13.0. The Kier molecular flexibility index (Phi) is 3.52. The van der Waals surface area contributed by atoms with Crippen LogP contribution in [0.5, 0.6) is 0 Å². The third-order valence-electron chi connectivity index (χ3n) is 1.57. The molecule has 1 N–H and O–H groups in total. The lowest BCUT2D eigenvalue weighted by molar-refractivity contribution is -0.136. The summed E-state index contributed by atoms with van der Waals surface area (Å²) in [7, 11) is 0. The van der Waals surface area contributed by atoms with Gasteiger partial charge in [-0.1, -0.05) is 11.6 Å². The lowest BCUT2D eigenvalue weighted by atomic mass is 10.2. The van der Waals surface area contributed by atoms with Crippen LogP contribution in [0.2, 0.25) is 5.15 Å². The first-order valence-electron chi connectivity index (χ1n) is 3.76. The molecule has 0 amide bonds. The van der Waals surface area contributed by atoms with Gasteiger partial charge >= 0.3 is 5.97 Å². The van der Waals surface area contributed by atoms with E-state index in [1.807, 2.05) is 0 Å². The highest BCUT2D eigenvalue weighted by Crippen LogP contribution is 2.28. The monoisotopic (exact) mass is 239 g/mol. The number of carbonyl (C=O) groups is 1. The molecule has 0 saturated heterocycles. The van der Waals surface area contributed by atoms with E-state index in [1.54, 1.807) is 0 Å². The number of aromatic nitrogens is 1. The Labute approximate surface area is 87.5 Å². The predicted octanol–water partition coefficient (Wildman–Crippen LogP) is 2.44. The molecule has 82 valence electrons. The van der Waals surface area contributed by atoms with Crippen molar-refractivity contribution >= 4 is 17.6 Å². The van der Waals surface area contributed by atoms with E-state index >= 15 is 0 Å². The number of hydrogen-bond acceptors (Lipinski definition) is 2. The molecule has 0 radical (unpaired) electrons. The van der Waals surface area contributed by atoms with E-state index in [0.29, 0.717) is 6.07 Å². The fourth-order valence-corrected chi connectivity index (χ4v) is 1.26. The van der Waals surface area contributed by atoms with Gasteiger partial charge in [0.05, 0.1) is 17.7 Å². The molecule has 0 fully saturated rings. The van der Waals surface area contributed by atoms with Crippen molar-refractivity contribution < 1.29 is 23.1 Å². The molecule has 0 unspecified atom stereocenters. The fraction of sp³-hybridized carbons (Fsp3) is 0.250. The van der Waals surface area contributed by atoms with Crippen LogP contribution in [0.25, 0.3) is 0 Å². The van der Waals surface area contributed by atoms with Crippen LogP contribution in [-0.4, -0.2) is 16.1 Å². The summed E-state index contributed by atoms with van der Waals surface area (Å²) in [4.78, 5) is 13.6. The number of aliphatic carboxylic acids is 1. The van der Waals surface area contributed by atoms with Gasteiger partial charge in [-0.05, 0) is 6.07 Å². The maximum Gasteiger partial charge on any atom is 0.309 e. The maximum absolute atomic E-state index is 13.0. The van der Waals surface area contributed by atoms with E-state index in [2.05, 4.69) is 4.98 Å². The number of halogens is 4. The van der Waals surface area contributed by atoms with Crippen molar-refractivity contribution in [1.82, 2.24) is 4.98 Å². The first-order chi connectivity index (χ1) is 6.91. The Balaban J connectivity index is 3.13. The topological polar surface area (TPSA) is 50.2 Å². The highest BCUT2D eigenvalue weighted by Gasteiger charge is 2.20. The van der Waals surface area contributed by atoms with E-state index in [9.17, 15) is 18.0 Å². The SMILES string of the molecule is O=C(O)Cc1cc(F)c(C(F)F)c(Cl)n1. The molecule has 0 atom stereocenters. The molecule has 7 heteroatoms. The Hall–Kier alpha value is -1.30. The van der Waals surface area contributed by atoms with Gasteiger partial charge in [-0.15, -0.1) is 0 Å². The molecule has 0 aliphatic rings. The summed E-state index contributed by atoms with van der Waals surface area (Å²) in [6.07, 6.45) is -3.65. The Morgan fingerprint density at radius 3 is 2.60 bits per heavy atom. The normalized spacial score (nSPS) is 10.7. The average Bonchev–Trinajstić information content (AvgIpc) is 1.99. The minimum absolute atomic E-state index is 0.200. The first kappa shape index (κ1) is 11.8. The Bertz CT molecular complexity index is 374. The summed E-state index contributed by atoms with van der Waals surface area (Å²) in [6.45, 7) is 0. The van der Waals surface area contributed by atoms with Crippen LogP contribution in [0.15, 0.2) is 6.07 Å². The molecule has 1 aromatic rings. The number of nitrogens with zero attached hydrogens (tertiary/aromatic N) is 1. The highest BCUT2D eigenvalue weighted by atomic mass is 35.5. The van der Waals surface area contributed by atoms with Crippen molar-refractivity contribution in [2.24, 2.45) is 0 Å². The summed E-state index contributed by atoms with van der Waals surface area (Å²) in [5, 5.41) is 7.67. The summed E-state index contributed by atoms with van der Waals surface area (Å²) in [5.74, 6) is -2.50. The minimum atomic E-state index is -3.08. The molecule has 15 heavy (non-hydrogen) atoms. The number of alkyl halides is 2. The van der Waals surface area contributed by atoms with Crippen molar-refractivity contribution in [2.45, 2.75) is 12.8 Å². The van der Waals surface area contributed by atoms with Crippen molar-refractivity contribution in [3.8, 4) is 0 Å². The molecule has 0 aromatic carbocycles. The van der Waals surface area contributed by atoms with Crippen LogP contribution in [0.3, 0.4) is 0 Å². The molecule has 3 nitrogen and oxygen atoms in total. The summed E-state index contributed by atoms with van der Waals surface area (Å²) < 4.78 is 37.4. The molecule has 0 aliphatic carbocycles. The van der Waals surface area contributed by atoms with Crippen LogP contribution in [0.4, 0.5) is 13.2 Å². The zero-order valence-electron chi connectivity index (χ0n) is 7.18. The molecular weight excluding hydrogens is 235 g/mol. The van der Waals surface area contributed by atoms with Crippen LogP contribution in [0.1, 0.15) is 17.7 Å². The standard InChI is InChI=1S/C8H5ClF3NO2/c9-7-6(8(11)12)4(10)1-3(13-7)2-5(14)15/h1,8H,2H2,(H,14,15). The fourth-order valence-electron chi connectivity index (χ4n) is 0.981. The van der Waals surface area contributed by atoms with Gasteiger partial charge in [0.1, 0.15) is 11.0 Å². The van der Waals surface area contributed by atoms with Gasteiger partial charge in [0.15, 0.2) is 0 Å². The lowest BCUT2D eigenvalue weighted by Crippen LogP contribution is -2.05. The number of pyridine rings is 1. The molecule has 1 aromatic heterocycles. The van der Waals surface area contributed by atoms with E-state index < -0.39 is 35.3 Å². The second-order valence-electron chi connectivity index (χ2n) is 2.67. The summed E-state index contributed by atoms with van der Waals surface area (Å²) in [6, 6.07) is 0.640. The highest BCUT2D eigenvalue weighted by molar-refractivity contribution is 6.30. The van der Waals surface area contributed by atoms with Crippen molar-refractivity contribution in [1.29, 1.82) is 0 Å². The van der Waals surface area contributed by atoms with Gasteiger partial charge in [0, 0.05) is 0 Å². The van der Waals surface area contributed by atoms with Crippen LogP contribution < -0.4 is 0 Å². The van der Waals surface area contributed by atoms with E-state index in [1.165, 1.54) is 0 Å². The smallest absolute Gasteiger partial charge is 0.309 e. The van der Waals surface area contributed by atoms with E-state index in [0.717, 1.165) is 0 Å². The second kappa shape index (κ2) is 4.48. The van der Waals surface area contributed by atoms with Crippen LogP contribution in [-0.2, 0) is 11.2 Å². The largest absolute Gasteiger partial charge is 0.481 e. The minimum Gasteiger partial charge on any atom is -0.481 e. The van der Waals surface area contributed by atoms with Gasteiger partial charge < -0.3 is 5.11 Å². The average molecular weight is 240 g/mol. The van der Waals surface area contributed by atoms with Gasteiger partial charge in [0.25, 0.3) is 6.43 Å². The molecule has 0 spiro atoms. The number of rotatable bonds is 3. The van der Waals surface area contributed by atoms with E-state index in [-0.39, 0.29) is 5.69 Å². The molecular formula is C8H5ClF3NO2. The quantitative estimate of drug-likeness (QED) is 0.824. The van der Waals surface area contributed by atoms with E-state index in [4.69, 9.17) is 16.7 Å². The van der Waals surface area contributed by atoms with Crippen molar-refractivity contribution in [2.75, 3.05) is 0 Å². The zero-order chi connectivity index (χ0) is 11.6. The number of hydrogen-bond donors (Lipinski definition) is 1. The molecule has 0 aliphatic heterocycles. The molecule has 0 saturated carbocycles. The third-order valence-corrected chi connectivity index (χ3v) is 1.85. The molecule has 1 rings (SSSR count). The molecule has 0 bridgehead atoms. The third kappa shape index (κ3) is 2.82. The van der Waals surface area contributed by atoms with Gasteiger partial charge in [0.2, 0.25) is 0 Å². The van der Waals surface area contributed by atoms with Crippen molar-refractivity contribution in [3.05, 3.63) is 28.3 Å². The van der Waals surface area contributed by atoms with Gasteiger partial charge in [-0.25, -0.2) is 18.2 Å².